The van der Waals surface area contributed by atoms with Gasteiger partial charge in [-0.3, -0.25) is 4.40 Å². The lowest BCUT2D eigenvalue weighted by molar-refractivity contribution is 0.577. The lowest BCUT2D eigenvalue weighted by atomic mass is 10.5. The Morgan fingerprint density at radius 1 is 1.37 bits per heavy atom. The summed E-state index contributed by atoms with van der Waals surface area (Å²) in [7, 11) is -3.69. The number of nitrogens with zero attached hydrogens (tertiary/aromatic N) is 2. The van der Waals surface area contributed by atoms with Gasteiger partial charge in [-0.2, -0.15) is 0 Å². The number of thiazole rings is 1. The van der Waals surface area contributed by atoms with E-state index in [0.29, 0.717) is 4.96 Å². The summed E-state index contributed by atoms with van der Waals surface area (Å²) in [6, 6.07) is 3.74. The zero-order valence-corrected chi connectivity index (χ0v) is 12.6. The highest BCUT2D eigenvalue weighted by molar-refractivity contribution is 7.89. The summed E-state index contributed by atoms with van der Waals surface area (Å²) in [4.78, 5) is 5.51. The fourth-order valence-electron chi connectivity index (χ4n) is 1.63. The first kappa shape index (κ1) is 13.1. The van der Waals surface area contributed by atoms with Crippen LogP contribution in [0.5, 0.6) is 0 Å². The van der Waals surface area contributed by atoms with Crippen molar-refractivity contribution in [2.45, 2.75) is 11.6 Å². The van der Waals surface area contributed by atoms with Crippen LogP contribution in [-0.2, 0) is 16.6 Å². The molecule has 3 heterocycles. The van der Waals surface area contributed by atoms with Crippen molar-refractivity contribution in [3.63, 3.8) is 0 Å². The minimum absolute atomic E-state index is 0.00877. The Kier molecular flexibility index (Phi) is 3.35. The zero-order valence-electron chi connectivity index (χ0n) is 9.41. The highest BCUT2D eigenvalue weighted by atomic mass is 35.5. The first-order chi connectivity index (χ1) is 9.08. The Bertz CT molecular complexity index is 804. The van der Waals surface area contributed by atoms with Gasteiger partial charge >= 0.3 is 0 Å². The summed E-state index contributed by atoms with van der Waals surface area (Å²) in [5, 5.41) is 3.64. The molecule has 0 bridgehead atoms. The summed E-state index contributed by atoms with van der Waals surface area (Å²) in [6.45, 7) is 0.244. The van der Waals surface area contributed by atoms with Crippen molar-refractivity contribution >= 4 is 49.3 Å². The minimum atomic E-state index is -3.69. The van der Waals surface area contributed by atoms with Gasteiger partial charge in [0.1, 0.15) is 0 Å². The SMILES string of the molecule is O=S(=O)(NCc1cccs1)c1c(Cl)nc2sccn12. The maximum absolute atomic E-state index is 12.3. The van der Waals surface area contributed by atoms with Crippen LogP contribution in [0.4, 0.5) is 0 Å². The van der Waals surface area contributed by atoms with Gasteiger partial charge in [-0.05, 0) is 11.4 Å². The van der Waals surface area contributed by atoms with Gasteiger partial charge in [-0.1, -0.05) is 17.7 Å². The van der Waals surface area contributed by atoms with E-state index in [1.807, 2.05) is 17.5 Å². The molecular weight excluding hydrogens is 326 g/mol. The minimum Gasteiger partial charge on any atom is -0.279 e. The summed E-state index contributed by atoms with van der Waals surface area (Å²) >= 11 is 8.73. The number of sulfonamides is 1. The Morgan fingerprint density at radius 3 is 2.95 bits per heavy atom. The van der Waals surface area contributed by atoms with Crippen LogP contribution in [0.3, 0.4) is 0 Å². The van der Waals surface area contributed by atoms with E-state index in [0.717, 1.165) is 4.88 Å². The molecule has 9 heteroatoms. The van der Waals surface area contributed by atoms with Gasteiger partial charge in [-0.25, -0.2) is 18.1 Å². The standard InChI is InChI=1S/C10H8ClN3O2S3/c11-8-9(14-3-5-18-10(14)13-8)19(15,16)12-6-7-2-1-4-17-7/h1-5,12H,6H2. The van der Waals surface area contributed by atoms with Gasteiger partial charge in [0.05, 0.1) is 0 Å². The Balaban J connectivity index is 1.95. The Labute approximate surface area is 122 Å². The third-order valence-corrected chi connectivity index (χ3v) is 5.88. The van der Waals surface area contributed by atoms with Crippen LogP contribution >= 0.6 is 34.3 Å². The molecule has 0 saturated carbocycles. The molecular formula is C10H8ClN3O2S3. The number of halogens is 1. The van der Waals surface area contributed by atoms with Crippen LogP contribution < -0.4 is 4.72 Å². The van der Waals surface area contributed by atoms with Crippen LogP contribution in [0.2, 0.25) is 5.15 Å². The number of hydrogen-bond acceptors (Lipinski definition) is 5. The monoisotopic (exact) mass is 333 g/mol. The lowest BCUT2D eigenvalue weighted by Crippen LogP contribution is -2.24. The molecule has 0 aromatic carbocycles. The van der Waals surface area contributed by atoms with Gasteiger partial charge in [-0.15, -0.1) is 22.7 Å². The van der Waals surface area contributed by atoms with Crippen molar-refractivity contribution in [3.8, 4) is 0 Å². The van der Waals surface area contributed by atoms with E-state index in [1.54, 1.807) is 11.6 Å². The first-order valence-electron chi connectivity index (χ1n) is 5.21. The molecule has 0 atom stereocenters. The molecule has 3 aromatic heterocycles. The number of hydrogen-bond donors (Lipinski definition) is 1. The third kappa shape index (κ3) is 2.41. The number of thiophene rings is 1. The number of rotatable bonds is 4. The molecule has 5 nitrogen and oxygen atoms in total. The second-order valence-corrected chi connectivity index (χ2v) is 7.61. The van der Waals surface area contributed by atoms with Crippen LogP contribution in [0, 0.1) is 0 Å². The normalized spacial score (nSPS) is 12.3. The summed E-state index contributed by atoms with van der Waals surface area (Å²) in [5.41, 5.74) is 0. The molecule has 3 rings (SSSR count). The van der Waals surface area contributed by atoms with E-state index in [9.17, 15) is 8.42 Å². The maximum Gasteiger partial charge on any atom is 0.260 e. The van der Waals surface area contributed by atoms with Crippen molar-refractivity contribution in [3.05, 3.63) is 39.1 Å². The molecule has 0 fully saturated rings. The Hall–Kier alpha value is -0.930. The zero-order chi connectivity index (χ0) is 13.5. The van der Waals surface area contributed by atoms with E-state index in [1.165, 1.54) is 27.1 Å². The van der Waals surface area contributed by atoms with E-state index >= 15 is 0 Å². The predicted octanol–water partition coefficient (Wildman–Crippen LogP) is 2.59. The molecule has 100 valence electrons. The number of aromatic nitrogens is 2. The quantitative estimate of drug-likeness (QED) is 0.798. The highest BCUT2D eigenvalue weighted by Gasteiger charge is 2.24. The summed E-state index contributed by atoms with van der Waals surface area (Å²) < 4.78 is 28.6. The fourth-order valence-corrected chi connectivity index (χ4v) is 4.82. The molecule has 0 unspecified atom stereocenters. The van der Waals surface area contributed by atoms with Gasteiger partial charge in [0, 0.05) is 23.0 Å². The van der Waals surface area contributed by atoms with E-state index < -0.39 is 10.0 Å². The van der Waals surface area contributed by atoms with Crippen molar-refractivity contribution in [2.75, 3.05) is 0 Å². The van der Waals surface area contributed by atoms with Crippen LogP contribution in [-0.4, -0.2) is 17.8 Å². The molecule has 0 amide bonds. The number of imidazole rings is 1. The molecule has 0 saturated heterocycles. The van der Waals surface area contributed by atoms with E-state index in [-0.39, 0.29) is 16.7 Å². The smallest absolute Gasteiger partial charge is 0.260 e. The second kappa shape index (κ2) is 4.88. The van der Waals surface area contributed by atoms with Crippen LogP contribution in [0.1, 0.15) is 4.88 Å². The lowest BCUT2D eigenvalue weighted by Gasteiger charge is -2.04. The second-order valence-electron chi connectivity index (χ2n) is 3.67. The van der Waals surface area contributed by atoms with E-state index in [4.69, 9.17) is 11.6 Å². The largest absolute Gasteiger partial charge is 0.279 e. The fraction of sp³-hybridized carbons (Fsp3) is 0.100. The van der Waals surface area contributed by atoms with Crippen molar-refractivity contribution in [1.29, 1.82) is 0 Å². The van der Waals surface area contributed by atoms with Crippen LogP contribution in [0.25, 0.3) is 4.96 Å². The van der Waals surface area contributed by atoms with Crippen molar-refractivity contribution < 1.29 is 8.42 Å². The average molecular weight is 334 g/mol. The predicted molar refractivity (Wildman–Crippen MR) is 76.4 cm³/mol. The van der Waals surface area contributed by atoms with Crippen LogP contribution in [0.15, 0.2) is 34.1 Å². The van der Waals surface area contributed by atoms with Crippen molar-refractivity contribution in [2.24, 2.45) is 0 Å². The maximum atomic E-state index is 12.3. The molecule has 0 aliphatic heterocycles. The van der Waals surface area contributed by atoms with Gasteiger partial charge in [0.25, 0.3) is 10.0 Å². The Morgan fingerprint density at radius 2 is 2.21 bits per heavy atom. The molecule has 0 aliphatic carbocycles. The van der Waals surface area contributed by atoms with Gasteiger partial charge < -0.3 is 0 Å². The third-order valence-electron chi connectivity index (χ3n) is 2.45. The van der Waals surface area contributed by atoms with Gasteiger partial charge in [0.15, 0.2) is 15.1 Å². The average Bonchev–Trinajstić information content (AvgIpc) is 3.01. The number of fused-ring (bicyclic) bond motifs is 1. The molecule has 1 N–H and O–H groups in total. The molecule has 0 spiro atoms. The molecule has 0 aliphatic rings. The molecule has 0 radical (unpaired) electrons. The number of nitrogens with one attached hydrogen (secondary N) is 1. The van der Waals surface area contributed by atoms with Crippen molar-refractivity contribution in [1.82, 2.24) is 14.1 Å². The van der Waals surface area contributed by atoms with Gasteiger partial charge in [0.2, 0.25) is 0 Å². The topological polar surface area (TPSA) is 63.5 Å². The highest BCUT2D eigenvalue weighted by Crippen LogP contribution is 2.25. The first-order valence-corrected chi connectivity index (χ1v) is 8.83. The molecule has 19 heavy (non-hydrogen) atoms. The summed E-state index contributed by atoms with van der Waals surface area (Å²) in [6.07, 6.45) is 1.64. The summed E-state index contributed by atoms with van der Waals surface area (Å²) in [5.74, 6) is 0. The molecule has 3 aromatic rings. The van der Waals surface area contributed by atoms with E-state index in [2.05, 4.69) is 9.71 Å².